The topological polar surface area (TPSA) is 233 Å². The van der Waals surface area contributed by atoms with Crippen LogP contribution in [-0.4, -0.2) is 117 Å². The lowest BCUT2D eigenvalue weighted by atomic mass is 9.87. The van der Waals surface area contributed by atoms with Crippen LogP contribution in [0.3, 0.4) is 0 Å². The summed E-state index contributed by atoms with van der Waals surface area (Å²) < 4.78 is 5.39. The van der Waals surface area contributed by atoms with Crippen LogP contribution < -0.4 is 16.4 Å². The maximum absolute atomic E-state index is 14.3. The molecule has 2 aromatic rings. The first kappa shape index (κ1) is 42.5. The monoisotopic (exact) mass is 766 g/mol. The van der Waals surface area contributed by atoms with Gasteiger partial charge in [-0.25, -0.2) is 4.79 Å². The number of nitrogens with zero attached hydrogens (tertiary/aromatic N) is 3. The molecule has 55 heavy (non-hydrogen) atoms. The van der Waals surface area contributed by atoms with Crippen molar-refractivity contribution in [1.29, 1.82) is 0 Å². The zero-order valence-electron chi connectivity index (χ0n) is 31.9. The lowest BCUT2D eigenvalue weighted by Gasteiger charge is -2.51. The van der Waals surface area contributed by atoms with Gasteiger partial charge in [0, 0.05) is 25.2 Å². The molecule has 6 N–H and O–H groups in total. The van der Waals surface area contributed by atoms with Gasteiger partial charge in [0.25, 0.3) is 5.91 Å². The number of rotatable bonds is 19. The number of nitrogens with two attached hydrogens (primary N) is 1. The van der Waals surface area contributed by atoms with Gasteiger partial charge in [-0.05, 0) is 73.9 Å². The first-order chi connectivity index (χ1) is 26.1. The van der Waals surface area contributed by atoms with Crippen LogP contribution in [0, 0.1) is 17.8 Å². The summed E-state index contributed by atoms with van der Waals surface area (Å²) in [5.74, 6) is -5.27. The van der Waals surface area contributed by atoms with Crippen LogP contribution >= 0.6 is 0 Å². The Morgan fingerprint density at radius 3 is 2.27 bits per heavy atom. The highest BCUT2D eigenvalue weighted by Gasteiger charge is 2.50. The van der Waals surface area contributed by atoms with E-state index in [1.807, 2.05) is 27.7 Å². The summed E-state index contributed by atoms with van der Waals surface area (Å²) >= 11 is 0. The number of phenols is 1. The molecule has 5 atom stereocenters. The largest absolute Gasteiger partial charge is 0.508 e. The minimum absolute atomic E-state index is 0.00630. The van der Waals surface area contributed by atoms with Crippen molar-refractivity contribution in [2.24, 2.45) is 23.5 Å². The highest BCUT2D eigenvalue weighted by Crippen LogP contribution is 2.28. The lowest BCUT2D eigenvalue weighted by Crippen LogP contribution is -2.74. The molecule has 3 heterocycles. The normalized spacial score (nSPS) is 18.9. The zero-order chi connectivity index (χ0) is 40.4. The van der Waals surface area contributed by atoms with Crippen LogP contribution in [0.2, 0.25) is 0 Å². The van der Waals surface area contributed by atoms with Crippen LogP contribution in [0.15, 0.2) is 47.1 Å². The van der Waals surface area contributed by atoms with Crippen molar-refractivity contribution in [2.45, 2.75) is 96.9 Å². The number of piperazine rings is 1. The van der Waals surface area contributed by atoms with Gasteiger partial charge in [-0.2, -0.15) is 0 Å². The molecule has 0 radical (unpaired) electrons. The standard InChI is InChI=1S/C39H54N6O10/c1-23(2)16-26(36(50)42-28(39(53)54)18-25-10-12-27(46)13-11-25)19-31(47)30(8-5-6-14-40)43-21-34-44(38(52)32-9-7-15-55-32)20-29(41-33(48)17-24(3)4)37(51)45(34)22-35(43)49/h7,9-13,15,23-24,26,28-30,34,46H,5-6,8,14,16-22,40H2,1-4H3,(H,41,48)(H,42,50)(H,53,54). The fourth-order valence-corrected chi connectivity index (χ4v) is 7.16. The number of phenolic OH excluding ortho intramolecular Hbond substituents is 1. The number of carbonyl (C=O) groups is 7. The van der Waals surface area contributed by atoms with Crippen LogP contribution in [0.25, 0.3) is 0 Å². The molecule has 16 nitrogen and oxygen atoms in total. The van der Waals surface area contributed by atoms with E-state index >= 15 is 0 Å². The molecule has 2 aliphatic rings. The molecule has 300 valence electrons. The number of Topliss-reactive ketones (excluding diaryl/α,β-unsaturated/α-hetero) is 1. The fourth-order valence-electron chi connectivity index (χ4n) is 7.16. The number of carboxylic acids is 1. The van der Waals surface area contributed by atoms with Crippen molar-refractivity contribution in [3.05, 3.63) is 54.0 Å². The molecule has 0 spiro atoms. The van der Waals surface area contributed by atoms with Gasteiger partial charge in [0.05, 0.1) is 25.4 Å². The summed E-state index contributed by atoms with van der Waals surface area (Å²) in [5.41, 5.74) is 6.35. The minimum atomic E-state index is -1.31. The van der Waals surface area contributed by atoms with Gasteiger partial charge in [-0.3, -0.25) is 28.8 Å². The van der Waals surface area contributed by atoms with Crippen molar-refractivity contribution in [2.75, 3.05) is 26.2 Å². The number of ketones is 1. The van der Waals surface area contributed by atoms with Crippen molar-refractivity contribution in [1.82, 2.24) is 25.3 Å². The Hall–Kier alpha value is -5.25. The third kappa shape index (κ3) is 11.4. The Bertz CT molecular complexity index is 1680. The second-order valence-corrected chi connectivity index (χ2v) is 15.2. The van der Waals surface area contributed by atoms with E-state index in [0.29, 0.717) is 24.9 Å². The molecule has 1 aromatic carbocycles. The number of amides is 5. The Morgan fingerprint density at radius 2 is 1.67 bits per heavy atom. The number of aliphatic carboxylic acids is 1. The molecule has 1 aromatic heterocycles. The molecule has 2 saturated heterocycles. The number of carboxylic acid groups (broad SMARTS) is 1. The molecule has 4 rings (SSSR count). The van der Waals surface area contributed by atoms with E-state index < -0.39 is 72.1 Å². The summed E-state index contributed by atoms with van der Waals surface area (Å²) in [6.45, 7) is 6.94. The number of fused-ring (bicyclic) bond motifs is 1. The van der Waals surface area contributed by atoms with Gasteiger partial charge in [0.2, 0.25) is 23.6 Å². The summed E-state index contributed by atoms with van der Waals surface area (Å²) in [5, 5.41) is 24.9. The SMILES string of the molecule is CC(C)CC(=O)NC1CN(C(=O)c2ccco2)C2CN(C(CCCCN)C(=O)CC(CC(C)C)C(=O)NC(Cc3ccc(O)cc3)C(=O)O)C(=O)CN2C1=O. The van der Waals surface area contributed by atoms with Crippen LogP contribution in [-0.2, 0) is 35.2 Å². The third-order valence-corrected chi connectivity index (χ3v) is 9.83. The second kappa shape index (κ2) is 19.4. The van der Waals surface area contributed by atoms with E-state index in [1.54, 1.807) is 18.2 Å². The Labute approximate surface area is 320 Å². The lowest BCUT2D eigenvalue weighted by molar-refractivity contribution is -0.165. The van der Waals surface area contributed by atoms with Gasteiger partial charge in [-0.1, -0.05) is 39.8 Å². The summed E-state index contributed by atoms with van der Waals surface area (Å²) in [6, 6.07) is 5.52. The quantitative estimate of drug-likeness (QED) is 0.130. The first-order valence-corrected chi connectivity index (χ1v) is 18.9. The average Bonchev–Trinajstić information content (AvgIpc) is 3.66. The predicted molar refractivity (Wildman–Crippen MR) is 199 cm³/mol. The molecule has 0 aliphatic carbocycles. The van der Waals surface area contributed by atoms with Crippen LogP contribution in [0.5, 0.6) is 5.75 Å². The number of benzene rings is 1. The van der Waals surface area contributed by atoms with Crippen LogP contribution in [0.1, 0.15) is 82.3 Å². The number of nitrogens with one attached hydrogen (secondary N) is 2. The molecular formula is C39H54N6O10. The Morgan fingerprint density at radius 1 is 0.964 bits per heavy atom. The molecule has 2 fully saturated rings. The molecule has 5 unspecified atom stereocenters. The highest BCUT2D eigenvalue weighted by molar-refractivity contribution is 5.98. The van der Waals surface area contributed by atoms with E-state index in [9.17, 15) is 43.8 Å². The van der Waals surface area contributed by atoms with Crippen molar-refractivity contribution < 1.29 is 48.2 Å². The summed E-state index contributed by atoms with van der Waals surface area (Å²) in [6.07, 6.45) is 1.63. The third-order valence-electron chi connectivity index (χ3n) is 9.83. The van der Waals surface area contributed by atoms with Gasteiger partial charge in [0.15, 0.2) is 11.5 Å². The van der Waals surface area contributed by atoms with Gasteiger partial charge in [-0.15, -0.1) is 0 Å². The second-order valence-electron chi connectivity index (χ2n) is 15.2. The minimum Gasteiger partial charge on any atom is -0.508 e. The maximum Gasteiger partial charge on any atom is 0.326 e. The number of unbranched alkanes of at least 4 members (excludes halogenated alkanes) is 1. The Kier molecular flexibility index (Phi) is 15.0. The summed E-state index contributed by atoms with van der Waals surface area (Å²) in [7, 11) is 0. The molecular weight excluding hydrogens is 712 g/mol. The maximum atomic E-state index is 14.3. The van der Waals surface area contributed by atoms with Gasteiger partial charge < -0.3 is 45.7 Å². The molecule has 0 bridgehead atoms. The van der Waals surface area contributed by atoms with E-state index in [2.05, 4.69) is 10.6 Å². The number of aromatic hydroxyl groups is 1. The van der Waals surface area contributed by atoms with Crippen molar-refractivity contribution in [3.63, 3.8) is 0 Å². The molecule has 5 amide bonds. The first-order valence-electron chi connectivity index (χ1n) is 18.9. The van der Waals surface area contributed by atoms with E-state index in [1.165, 1.54) is 39.2 Å². The number of furan rings is 1. The number of hydrogen-bond acceptors (Lipinski definition) is 10. The van der Waals surface area contributed by atoms with Crippen molar-refractivity contribution in [3.8, 4) is 5.75 Å². The van der Waals surface area contributed by atoms with E-state index in [0.717, 1.165) is 0 Å². The number of hydrogen-bond donors (Lipinski definition) is 5. The summed E-state index contributed by atoms with van der Waals surface area (Å²) in [4.78, 5) is 98.6. The van der Waals surface area contributed by atoms with Crippen LogP contribution in [0.4, 0.5) is 0 Å². The van der Waals surface area contributed by atoms with Gasteiger partial charge >= 0.3 is 5.97 Å². The smallest absolute Gasteiger partial charge is 0.326 e. The zero-order valence-corrected chi connectivity index (χ0v) is 31.9. The molecule has 16 heteroatoms. The number of carbonyl (C=O) groups excluding carboxylic acids is 6. The van der Waals surface area contributed by atoms with Gasteiger partial charge in [0.1, 0.15) is 30.5 Å². The fraction of sp³-hybridized carbons (Fsp3) is 0.564. The Balaban J connectivity index is 1.59. The molecule has 0 saturated carbocycles. The predicted octanol–water partition coefficient (Wildman–Crippen LogP) is 1.90. The van der Waals surface area contributed by atoms with Crippen molar-refractivity contribution >= 4 is 41.3 Å². The van der Waals surface area contributed by atoms with E-state index in [4.69, 9.17) is 10.2 Å². The molecule has 2 aliphatic heterocycles. The highest BCUT2D eigenvalue weighted by atomic mass is 16.4. The average molecular weight is 767 g/mol. The van der Waals surface area contributed by atoms with E-state index in [-0.39, 0.29) is 74.4 Å².